The van der Waals surface area contributed by atoms with Gasteiger partial charge in [0.15, 0.2) is 17.3 Å². The van der Waals surface area contributed by atoms with Crippen LogP contribution in [0.1, 0.15) is 28.4 Å². The first-order valence-electron chi connectivity index (χ1n) is 5.78. The number of ketones is 1. The van der Waals surface area contributed by atoms with Gasteiger partial charge in [-0.3, -0.25) is 4.79 Å². The molecule has 2 aromatic rings. The van der Waals surface area contributed by atoms with Crippen LogP contribution in [0.5, 0.6) is 11.5 Å². The van der Waals surface area contributed by atoms with Crippen LogP contribution in [0.2, 0.25) is 0 Å². The number of benzene rings is 2. The van der Waals surface area contributed by atoms with Crippen LogP contribution in [-0.2, 0) is 6.42 Å². The molecule has 0 amide bonds. The van der Waals surface area contributed by atoms with E-state index in [1.807, 2.05) is 13.0 Å². The molecule has 18 heavy (non-hydrogen) atoms. The van der Waals surface area contributed by atoms with Gasteiger partial charge in [-0.25, -0.2) is 0 Å². The molecular weight excluding hydrogens is 228 g/mol. The molecule has 0 aliphatic heterocycles. The fourth-order valence-electron chi connectivity index (χ4n) is 1.87. The van der Waals surface area contributed by atoms with Gasteiger partial charge in [0.25, 0.3) is 0 Å². The van der Waals surface area contributed by atoms with E-state index in [0.29, 0.717) is 17.5 Å². The summed E-state index contributed by atoms with van der Waals surface area (Å²) < 4.78 is 0. The second-order valence-electron chi connectivity index (χ2n) is 4.05. The molecule has 0 radical (unpaired) electrons. The third kappa shape index (κ3) is 2.20. The molecule has 3 nitrogen and oxygen atoms in total. The Morgan fingerprint density at radius 1 is 1.06 bits per heavy atom. The number of aromatic hydroxyl groups is 2. The maximum atomic E-state index is 12.3. The van der Waals surface area contributed by atoms with Crippen molar-refractivity contribution in [3.63, 3.8) is 0 Å². The number of phenols is 2. The summed E-state index contributed by atoms with van der Waals surface area (Å²) in [6.07, 6.45) is 0.613. The zero-order chi connectivity index (χ0) is 13.1. The topological polar surface area (TPSA) is 57.5 Å². The molecule has 0 aliphatic rings. The number of aryl methyl sites for hydroxylation is 1. The van der Waals surface area contributed by atoms with Gasteiger partial charge in [-0.2, -0.15) is 0 Å². The summed E-state index contributed by atoms with van der Waals surface area (Å²) >= 11 is 0. The quantitative estimate of drug-likeness (QED) is 0.642. The van der Waals surface area contributed by atoms with Crippen LogP contribution in [0.15, 0.2) is 42.5 Å². The van der Waals surface area contributed by atoms with Crippen LogP contribution in [0.3, 0.4) is 0 Å². The first-order chi connectivity index (χ1) is 8.63. The smallest absolute Gasteiger partial charge is 0.193 e. The summed E-state index contributed by atoms with van der Waals surface area (Å²) in [5.41, 5.74) is 1.72. The van der Waals surface area contributed by atoms with Gasteiger partial charge < -0.3 is 10.2 Å². The Labute approximate surface area is 105 Å². The van der Waals surface area contributed by atoms with E-state index in [9.17, 15) is 15.0 Å². The standard InChI is InChI=1S/C15H14O3/c1-2-10-8-13(16)14(17)9-12(10)15(18)11-6-4-3-5-7-11/h3-9,16-17H,2H2,1H3. The van der Waals surface area contributed by atoms with Crippen LogP contribution < -0.4 is 0 Å². The van der Waals surface area contributed by atoms with Crippen molar-refractivity contribution >= 4 is 5.78 Å². The minimum absolute atomic E-state index is 0.150. The lowest BCUT2D eigenvalue weighted by atomic mass is 9.96. The number of phenolic OH excluding ortho intramolecular Hbond substituents is 2. The lowest BCUT2D eigenvalue weighted by Crippen LogP contribution is -2.04. The monoisotopic (exact) mass is 242 g/mol. The predicted octanol–water partition coefficient (Wildman–Crippen LogP) is 2.89. The van der Waals surface area contributed by atoms with Crippen molar-refractivity contribution in [1.29, 1.82) is 0 Å². The second kappa shape index (κ2) is 4.92. The average molecular weight is 242 g/mol. The highest BCUT2D eigenvalue weighted by Crippen LogP contribution is 2.29. The van der Waals surface area contributed by atoms with E-state index in [2.05, 4.69) is 0 Å². The highest BCUT2D eigenvalue weighted by molar-refractivity contribution is 6.10. The fraction of sp³-hybridized carbons (Fsp3) is 0.133. The molecule has 2 aromatic carbocycles. The Hall–Kier alpha value is -2.29. The van der Waals surface area contributed by atoms with Crippen LogP contribution in [0, 0.1) is 0 Å². The molecule has 0 fully saturated rings. The van der Waals surface area contributed by atoms with Crippen molar-refractivity contribution in [2.24, 2.45) is 0 Å². The third-order valence-corrected chi connectivity index (χ3v) is 2.86. The molecule has 0 aliphatic carbocycles. The molecule has 0 spiro atoms. The Balaban J connectivity index is 2.51. The van der Waals surface area contributed by atoms with E-state index in [4.69, 9.17) is 0 Å². The molecule has 0 bridgehead atoms. The largest absolute Gasteiger partial charge is 0.504 e. The Morgan fingerprint density at radius 3 is 2.28 bits per heavy atom. The van der Waals surface area contributed by atoms with Gasteiger partial charge in [0.1, 0.15) is 0 Å². The lowest BCUT2D eigenvalue weighted by Gasteiger charge is -2.09. The lowest BCUT2D eigenvalue weighted by molar-refractivity contribution is 0.103. The van der Waals surface area contributed by atoms with Crippen molar-refractivity contribution in [2.45, 2.75) is 13.3 Å². The Morgan fingerprint density at radius 2 is 1.67 bits per heavy atom. The van der Waals surface area contributed by atoms with Crippen molar-refractivity contribution in [2.75, 3.05) is 0 Å². The Bertz CT molecular complexity index is 574. The minimum Gasteiger partial charge on any atom is -0.504 e. The van der Waals surface area contributed by atoms with Crippen molar-refractivity contribution < 1.29 is 15.0 Å². The average Bonchev–Trinajstić information content (AvgIpc) is 2.41. The van der Waals surface area contributed by atoms with Gasteiger partial charge in [0.2, 0.25) is 0 Å². The summed E-state index contributed by atoms with van der Waals surface area (Å²) in [5.74, 6) is -0.620. The first kappa shape index (κ1) is 12.2. The molecular formula is C15H14O3. The molecule has 92 valence electrons. The van der Waals surface area contributed by atoms with Crippen LogP contribution in [0.25, 0.3) is 0 Å². The summed E-state index contributed by atoms with van der Waals surface area (Å²) in [4.78, 5) is 12.3. The molecule has 2 rings (SSSR count). The predicted molar refractivity (Wildman–Crippen MR) is 69.0 cm³/mol. The van der Waals surface area contributed by atoms with E-state index in [0.717, 1.165) is 5.56 Å². The first-order valence-corrected chi connectivity index (χ1v) is 5.78. The van der Waals surface area contributed by atoms with Gasteiger partial charge >= 0.3 is 0 Å². The number of rotatable bonds is 3. The highest BCUT2D eigenvalue weighted by Gasteiger charge is 2.15. The van der Waals surface area contributed by atoms with Crippen LogP contribution >= 0.6 is 0 Å². The minimum atomic E-state index is -0.272. The molecule has 0 atom stereocenters. The van der Waals surface area contributed by atoms with Crippen molar-refractivity contribution in [3.8, 4) is 11.5 Å². The van der Waals surface area contributed by atoms with E-state index >= 15 is 0 Å². The molecule has 0 saturated carbocycles. The number of carbonyl (C=O) groups excluding carboxylic acids is 1. The summed E-state index contributed by atoms with van der Waals surface area (Å²) in [6, 6.07) is 11.6. The molecule has 0 aromatic heterocycles. The molecule has 3 heteroatoms. The van der Waals surface area contributed by atoms with E-state index in [1.165, 1.54) is 12.1 Å². The summed E-state index contributed by atoms with van der Waals surface area (Å²) in [6.45, 7) is 1.90. The molecule has 0 heterocycles. The summed E-state index contributed by atoms with van der Waals surface area (Å²) in [7, 11) is 0. The maximum Gasteiger partial charge on any atom is 0.193 e. The van der Waals surface area contributed by atoms with Crippen molar-refractivity contribution in [3.05, 3.63) is 59.2 Å². The van der Waals surface area contributed by atoms with Gasteiger partial charge in [-0.1, -0.05) is 37.3 Å². The second-order valence-corrected chi connectivity index (χ2v) is 4.05. The van der Waals surface area contributed by atoms with Crippen LogP contribution in [0.4, 0.5) is 0 Å². The molecule has 0 unspecified atom stereocenters. The Kier molecular flexibility index (Phi) is 3.33. The SMILES string of the molecule is CCc1cc(O)c(O)cc1C(=O)c1ccccc1. The molecule has 0 saturated heterocycles. The number of hydrogen-bond acceptors (Lipinski definition) is 3. The normalized spacial score (nSPS) is 10.3. The highest BCUT2D eigenvalue weighted by atomic mass is 16.3. The van der Waals surface area contributed by atoms with Crippen molar-refractivity contribution in [1.82, 2.24) is 0 Å². The third-order valence-electron chi connectivity index (χ3n) is 2.86. The van der Waals surface area contributed by atoms with E-state index in [1.54, 1.807) is 24.3 Å². The van der Waals surface area contributed by atoms with E-state index < -0.39 is 0 Å². The van der Waals surface area contributed by atoms with E-state index in [-0.39, 0.29) is 17.3 Å². The van der Waals surface area contributed by atoms with Gasteiger partial charge in [0, 0.05) is 11.1 Å². The van der Waals surface area contributed by atoms with Gasteiger partial charge in [-0.05, 0) is 24.1 Å². The maximum absolute atomic E-state index is 12.3. The zero-order valence-electron chi connectivity index (χ0n) is 10.1. The molecule has 2 N–H and O–H groups in total. The van der Waals surface area contributed by atoms with Gasteiger partial charge in [-0.15, -0.1) is 0 Å². The van der Waals surface area contributed by atoms with Crippen LogP contribution in [-0.4, -0.2) is 16.0 Å². The summed E-state index contributed by atoms with van der Waals surface area (Å²) in [5, 5.41) is 19.0. The number of carbonyl (C=O) groups is 1. The fourth-order valence-corrected chi connectivity index (χ4v) is 1.87. The van der Waals surface area contributed by atoms with Gasteiger partial charge in [0.05, 0.1) is 0 Å². The zero-order valence-corrected chi connectivity index (χ0v) is 10.1. The number of hydrogen-bond donors (Lipinski definition) is 2.